The maximum Gasteiger partial charge on any atom is 0.276 e. The molecule has 2 aromatic carbocycles. The maximum atomic E-state index is 14.0. The average Bonchev–Trinajstić information content (AvgIpc) is 3.93. The third-order valence-corrected chi connectivity index (χ3v) is 10.9. The van der Waals surface area contributed by atoms with E-state index in [1.807, 2.05) is 25.3 Å². The van der Waals surface area contributed by atoms with Gasteiger partial charge in [0.2, 0.25) is 17.8 Å². The Morgan fingerprint density at radius 1 is 0.948 bits per heavy atom. The Kier molecular flexibility index (Phi) is 10.7. The number of anilines is 1. The number of nitrogens with zero attached hydrogens (tertiary/aromatic N) is 6. The molecule has 18 heteroatoms. The van der Waals surface area contributed by atoms with Crippen LogP contribution in [-0.4, -0.2) is 71.6 Å². The third-order valence-electron chi connectivity index (χ3n) is 10.9. The van der Waals surface area contributed by atoms with Gasteiger partial charge in [-0.3, -0.25) is 33.9 Å². The predicted octanol–water partition coefficient (Wildman–Crippen LogP) is 2.81. The number of benzene rings is 2. The molecule has 7 rings (SSSR count). The molecule has 0 bridgehead atoms. The highest BCUT2D eigenvalue weighted by Crippen LogP contribution is 2.55. The first kappa shape index (κ1) is 39.9. The van der Waals surface area contributed by atoms with Crippen LogP contribution in [0, 0.1) is 26.7 Å². The lowest BCUT2D eigenvalue weighted by atomic mass is 9.77. The van der Waals surface area contributed by atoms with Crippen LogP contribution in [0.2, 0.25) is 0 Å². The van der Waals surface area contributed by atoms with E-state index in [-0.39, 0.29) is 36.2 Å². The number of carbonyl (C=O) groups excluding carboxylic acids is 4. The van der Waals surface area contributed by atoms with Gasteiger partial charge in [-0.15, -0.1) is 0 Å². The van der Waals surface area contributed by atoms with E-state index in [2.05, 4.69) is 27.8 Å². The van der Waals surface area contributed by atoms with Gasteiger partial charge in [-0.1, -0.05) is 0 Å². The van der Waals surface area contributed by atoms with Crippen LogP contribution in [0.25, 0.3) is 11.0 Å². The van der Waals surface area contributed by atoms with E-state index in [9.17, 15) is 19.2 Å². The molecular weight excluding hydrogens is 745 g/mol. The van der Waals surface area contributed by atoms with Gasteiger partial charge in [-0.2, -0.15) is 10.2 Å². The van der Waals surface area contributed by atoms with Crippen molar-refractivity contribution in [2.75, 3.05) is 18.5 Å². The normalized spacial score (nSPS) is 19.5. The summed E-state index contributed by atoms with van der Waals surface area (Å²) >= 11 is 0. The fourth-order valence-corrected chi connectivity index (χ4v) is 8.37. The second-order valence-corrected chi connectivity index (χ2v) is 14.8. The number of fused-ring (bicyclic) bond motifs is 1. The predicted molar refractivity (Wildman–Crippen MR) is 214 cm³/mol. The SMILES string of the molecule is [CH2]CCOc1cc(C(N)=O)cc2nc(NC(=O)c3cc(C)nn3CC)n(CCCC3COc4cc(C(N)=O)cc5c4C3[C@@](N)(NC(=O)c3cc(C)nn3CC)C5N)c12. The topological polar surface area (TPSA) is 268 Å². The van der Waals surface area contributed by atoms with E-state index in [1.54, 1.807) is 52.7 Å². The summed E-state index contributed by atoms with van der Waals surface area (Å²) in [5, 5.41) is 14.9. The average molecular weight is 794 g/mol. The lowest BCUT2D eigenvalue weighted by molar-refractivity contribution is 0.0779. The first-order valence-corrected chi connectivity index (χ1v) is 19.3. The van der Waals surface area contributed by atoms with Crippen LogP contribution in [0.15, 0.2) is 36.4 Å². The van der Waals surface area contributed by atoms with E-state index < -0.39 is 41.3 Å². The summed E-state index contributed by atoms with van der Waals surface area (Å²) in [6.07, 6.45) is 1.47. The maximum absolute atomic E-state index is 14.0. The van der Waals surface area contributed by atoms with Gasteiger partial charge in [0.25, 0.3) is 11.8 Å². The highest BCUT2D eigenvalue weighted by atomic mass is 16.5. The van der Waals surface area contributed by atoms with Crippen molar-refractivity contribution >= 4 is 40.6 Å². The zero-order chi connectivity index (χ0) is 41.6. The summed E-state index contributed by atoms with van der Waals surface area (Å²) in [4.78, 5) is 57.2. The van der Waals surface area contributed by atoms with Crippen molar-refractivity contribution in [1.29, 1.82) is 0 Å². The molecule has 2 aliphatic rings. The lowest BCUT2D eigenvalue weighted by Gasteiger charge is -2.42. The number of carbonyl (C=O) groups is 4. The van der Waals surface area contributed by atoms with E-state index in [4.69, 9.17) is 37.4 Å². The number of amides is 4. The summed E-state index contributed by atoms with van der Waals surface area (Å²) in [6.45, 7) is 13.0. The highest BCUT2D eigenvalue weighted by molar-refractivity contribution is 6.04. The van der Waals surface area contributed by atoms with Crippen LogP contribution in [-0.2, 0) is 19.6 Å². The number of ether oxygens (including phenoxy) is 2. The Bertz CT molecular complexity index is 2450. The van der Waals surface area contributed by atoms with Crippen LogP contribution < -0.4 is 43.0 Å². The first-order chi connectivity index (χ1) is 27.7. The van der Waals surface area contributed by atoms with Gasteiger partial charge in [0, 0.05) is 48.2 Å². The molecule has 1 aliphatic carbocycles. The fourth-order valence-electron chi connectivity index (χ4n) is 8.37. The summed E-state index contributed by atoms with van der Waals surface area (Å²) in [7, 11) is 0. The van der Waals surface area contributed by atoms with Crippen LogP contribution in [0.3, 0.4) is 0 Å². The zero-order valence-electron chi connectivity index (χ0n) is 33.0. The number of hydrogen-bond acceptors (Lipinski definition) is 11. The number of rotatable bonds is 15. The molecule has 5 aromatic rings. The molecule has 0 spiro atoms. The quantitative estimate of drug-likeness (QED) is 0.0839. The molecule has 0 saturated carbocycles. The Morgan fingerprint density at radius 2 is 1.59 bits per heavy atom. The lowest BCUT2D eigenvalue weighted by Crippen LogP contribution is -2.64. The van der Waals surface area contributed by atoms with Crippen molar-refractivity contribution in [2.45, 2.75) is 84.2 Å². The monoisotopic (exact) mass is 793 g/mol. The Hall–Kier alpha value is -6.27. The van der Waals surface area contributed by atoms with Gasteiger partial charge in [0.15, 0.2) is 0 Å². The third kappa shape index (κ3) is 7.02. The molecule has 4 heterocycles. The number of aromatic nitrogens is 6. The summed E-state index contributed by atoms with van der Waals surface area (Å²) in [5.41, 5.74) is 28.8. The van der Waals surface area contributed by atoms with Gasteiger partial charge < -0.3 is 42.3 Å². The molecule has 1 aliphatic heterocycles. The molecular formula is C40H49N12O6. The Morgan fingerprint density at radius 3 is 2.21 bits per heavy atom. The summed E-state index contributed by atoms with van der Waals surface area (Å²) in [5.74, 6) is -1.97. The van der Waals surface area contributed by atoms with Crippen molar-refractivity contribution in [1.82, 2.24) is 34.4 Å². The molecule has 58 heavy (non-hydrogen) atoms. The van der Waals surface area contributed by atoms with Crippen molar-refractivity contribution < 1.29 is 28.7 Å². The van der Waals surface area contributed by atoms with Crippen molar-refractivity contribution in [2.24, 2.45) is 28.9 Å². The smallest absolute Gasteiger partial charge is 0.276 e. The number of aryl methyl sites for hydroxylation is 5. The number of nitrogens with two attached hydrogens (primary N) is 4. The second-order valence-electron chi connectivity index (χ2n) is 14.8. The number of imidazole rings is 1. The molecule has 18 nitrogen and oxygen atoms in total. The largest absolute Gasteiger partial charge is 0.493 e. The highest BCUT2D eigenvalue weighted by Gasteiger charge is 2.56. The second kappa shape index (κ2) is 15.6. The van der Waals surface area contributed by atoms with Crippen LogP contribution in [0.4, 0.5) is 5.95 Å². The molecule has 305 valence electrons. The number of nitrogens with one attached hydrogen (secondary N) is 2. The first-order valence-electron chi connectivity index (χ1n) is 19.3. The molecule has 4 atom stereocenters. The molecule has 10 N–H and O–H groups in total. The Labute approximate surface area is 334 Å². The van der Waals surface area contributed by atoms with E-state index in [0.29, 0.717) is 95.3 Å². The minimum atomic E-state index is -1.50. The molecule has 3 unspecified atom stereocenters. The van der Waals surface area contributed by atoms with E-state index in [1.165, 1.54) is 0 Å². The molecule has 1 radical (unpaired) electrons. The standard InChI is InChI=1S/C40H49N12O6/c1-6-12-57-30-18-24(36(43)54)16-26-33(30)50(39(45-26)46-37(55)27-13-20(4)48-51(27)7-2)11-9-10-22-19-58-29-17-23(35(42)53)15-25-31(29)32(22)40(44,34(25)41)47-38(56)28-14-21(5)49-52(28)8-3/h13-18,22,32,34H,1,6-12,19,41,44H2,2-5H3,(H2,42,53)(H2,43,54)(H,47,56)(H,45,46,55)/t22?,32?,34?,40-/m1/s1. The molecule has 4 amide bonds. The van der Waals surface area contributed by atoms with Crippen molar-refractivity contribution in [3.05, 3.63) is 88.4 Å². The number of primary amides is 2. The van der Waals surface area contributed by atoms with Crippen LogP contribution >= 0.6 is 0 Å². The van der Waals surface area contributed by atoms with Gasteiger partial charge >= 0.3 is 0 Å². The van der Waals surface area contributed by atoms with Crippen molar-refractivity contribution in [3.8, 4) is 11.5 Å². The van der Waals surface area contributed by atoms with Crippen LogP contribution in [0.5, 0.6) is 11.5 Å². The van der Waals surface area contributed by atoms with Gasteiger partial charge in [-0.25, -0.2) is 4.98 Å². The number of hydrogen-bond donors (Lipinski definition) is 6. The minimum Gasteiger partial charge on any atom is -0.493 e. The molecule has 3 aromatic heterocycles. The van der Waals surface area contributed by atoms with Gasteiger partial charge in [0.1, 0.15) is 34.1 Å². The fraction of sp³-hybridized carbons (Fsp3) is 0.400. The van der Waals surface area contributed by atoms with Gasteiger partial charge in [-0.05, 0) is 95.8 Å². The van der Waals surface area contributed by atoms with Crippen molar-refractivity contribution in [3.63, 3.8) is 0 Å². The summed E-state index contributed by atoms with van der Waals surface area (Å²) < 4.78 is 17.4. The molecule has 0 fully saturated rings. The van der Waals surface area contributed by atoms with Gasteiger partial charge in [0.05, 0.1) is 36.2 Å². The molecule has 0 saturated heterocycles. The minimum absolute atomic E-state index is 0.193. The summed E-state index contributed by atoms with van der Waals surface area (Å²) in [6, 6.07) is 8.80. The van der Waals surface area contributed by atoms with Crippen LogP contribution in [0.1, 0.15) is 109 Å². The Balaban J connectivity index is 1.25. The van der Waals surface area contributed by atoms with E-state index >= 15 is 0 Å². The van der Waals surface area contributed by atoms with E-state index in [0.717, 1.165) is 0 Å². The zero-order valence-corrected chi connectivity index (χ0v) is 33.0.